The lowest BCUT2D eigenvalue weighted by Crippen LogP contribution is -2.19. The van der Waals surface area contributed by atoms with Crippen molar-refractivity contribution in [1.29, 1.82) is 0 Å². The normalized spacial score (nSPS) is 11.7. The van der Waals surface area contributed by atoms with Gasteiger partial charge in [0, 0.05) is 41.6 Å². The Bertz CT molecular complexity index is 3100. The quantitative estimate of drug-likeness (QED) is 0.180. The minimum atomic E-state index is -0.0495. The van der Waals surface area contributed by atoms with E-state index >= 15 is 0 Å². The van der Waals surface area contributed by atoms with Gasteiger partial charge in [0.1, 0.15) is 11.2 Å². The summed E-state index contributed by atoms with van der Waals surface area (Å²) >= 11 is 0. The van der Waals surface area contributed by atoms with Crippen LogP contribution in [0.15, 0.2) is 161 Å². The monoisotopic (exact) mass is 685 g/mol. The second kappa shape index (κ2) is 12.0. The molecular weight excluding hydrogens is 655 g/mol. The van der Waals surface area contributed by atoms with E-state index < -0.39 is 0 Å². The Morgan fingerprint density at radius 2 is 0.943 bits per heavy atom. The molecule has 0 bridgehead atoms. The number of rotatable bonds is 5. The van der Waals surface area contributed by atoms with E-state index in [2.05, 4.69) is 97.1 Å². The lowest BCUT2D eigenvalue weighted by molar-refractivity contribution is 0.669. The summed E-state index contributed by atoms with van der Waals surface area (Å²) < 4.78 is 9.59. The summed E-state index contributed by atoms with van der Waals surface area (Å²) in [4.78, 5) is 27.5. The standard InChI is InChI=1S/C46H31N5O2/c1-50-39-21-19-35(26-40(39)51(2)46(50)52)31-13-8-14-36(23-31)45-48-43(29-9-4-3-5-10-29)47-44(49-45)30-17-15-28(16-18-30)34-20-22-41-37(25-34)38-24-32-11-6-7-12-33(32)27-42(38)53-41/h3-27H,1-2H3. The Kier molecular flexibility index (Phi) is 6.94. The molecule has 10 aromatic rings. The van der Waals surface area contributed by atoms with Gasteiger partial charge in [-0.1, -0.05) is 109 Å². The van der Waals surface area contributed by atoms with Crippen molar-refractivity contribution in [2.24, 2.45) is 14.1 Å². The molecule has 7 heteroatoms. The minimum absolute atomic E-state index is 0.0495. The summed E-state index contributed by atoms with van der Waals surface area (Å²) in [6.07, 6.45) is 0. The third-order valence-corrected chi connectivity index (χ3v) is 10.2. The van der Waals surface area contributed by atoms with E-state index in [4.69, 9.17) is 19.4 Å². The third kappa shape index (κ3) is 5.21. The van der Waals surface area contributed by atoms with Crippen LogP contribution in [0.1, 0.15) is 0 Å². The molecule has 0 aliphatic heterocycles. The van der Waals surface area contributed by atoms with Crippen molar-refractivity contribution in [3.05, 3.63) is 162 Å². The second-order valence-electron chi connectivity index (χ2n) is 13.4. The van der Waals surface area contributed by atoms with Crippen LogP contribution in [0.2, 0.25) is 0 Å². The highest BCUT2D eigenvalue weighted by Crippen LogP contribution is 2.36. The van der Waals surface area contributed by atoms with Gasteiger partial charge in [0.25, 0.3) is 0 Å². The zero-order valence-electron chi connectivity index (χ0n) is 29.0. The van der Waals surface area contributed by atoms with Crippen LogP contribution >= 0.6 is 0 Å². The van der Waals surface area contributed by atoms with E-state index in [0.29, 0.717) is 17.5 Å². The summed E-state index contributed by atoms with van der Waals surface area (Å²) in [6.45, 7) is 0. The molecule has 0 amide bonds. The summed E-state index contributed by atoms with van der Waals surface area (Å²) in [7, 11) is 3.60. The predicted molar refractivity (Wildman–Crippen MR) is 214 cm³/mol. The molecule has 252 valence electrons. The summed E-state index contributed by atoms with van der Waals surface area (Å²) in [5, 5.41) is 4.56. The topological polar surface area (TPSA) is 78.7 Å². The Morgan fingerprint density at radius 1 is 0.415 bits per heavy atom. The first kappa shape index (κ1) is 30.7. The van der Waals surface area contributed by atoms with Gasteiger partial charge in [0.15, 0.2) is 17.5 Å². The Hall–Kier alpha value is -7.12. The van der Waals surface area contributed by atoms with E-state index in [-0.39, 0.29) is 5.69 Å². The molecule has 53 heavy (non-hydrogen) atoms. The van der Waals surface area contributed by atoms with Gasteiger partial charge < -0.3 is 4.42 Å². The number of furan rings is 1. The van der Waals surface area contributed by atoms with Crippen molar-refractivity contribution in [3.63, 3.8) is 0 Å². The van der Waals surface area contributed by atoms with Gasteiger partial charge in [-0.05, 0) is 75.5 Å². The smallest absolute Gasteiger partial charge is 0.328 e. The van der Waals surface area contributed by atoms with Gasteiger partial charge in [-0.25, -0.2) is 19.7 Å². The zero-order chi connectivity index (χ0) is 35.6. The van der Waals surface area contributed by atoms with Crippen LogP contribution in [-0.2, 0) is 14.1 Å². The molecule has 0 fully saturated rings. The summed E-state index contributed by atoms with van der Waals surface area (Å²) in [6, 6.07) is 51.8. The number of aryl methyl sites for hydroxylation is 2. The Morgan fingerprint density at radius 3 is 1.72 bits per heavy atom. The molecule has 10 rings (SSSR count). The van der Waals surface area contributed by atoms with Crippen molar-refractivity contribution < 1.29 is 4.42 Å². The first-order chi connectivity index (χ1) is 26.0. The highest BCUT2D eigenvalue weighted by Gasteiger charge is 2.15. The van der Waals surface area contributed by atoms with E-state index in [0.717, 1.165) is 71.9 Å². The molecule has 0 N–H and O–H groups in total. The summed E-state index contributed by atoms with van der Waals surface area (Å²) in [5.41, 5.74) is 10.4. The number of imidazole rings is 1. The fourth-order valence-electron chi connectivity index (χ4n) is 7.33. The van der Waals surface area contributed by atoms with Crippen LogP contribution < -0.4 is 5.69 Å². The average Bonchev–Trinajstić information content (AvgIpc) is 3.68. The Balaban J connectivity index is 1.04. The van der Waals surface area contributed by atoms with Crippen LogP contribution in [0.5, 0.6) is 0 Å². The lowest BCUT2D eigenvalue weighted by Gasteiger charge is -2.10. The maximum absolute atomic E-state index is 12.6. The fraction of sp³-hybridized carbons (Fsp3) is 0.0435. The largest absolute Gasteiger partial charge is 0.456 e. The second-order valence-corrected chi connectivity index (χ2v) is 13.4. The molecular formula is C46H31N5O2. The molecule has 0 spiro atoms. The van der Waals surface area contributed by atoms with Gasteiger partial charge in [-0.15, -0.1) is 0 Å². The number of benzene rings is 7. The molecule has 0 saturated heterocycles. The lowest BCUT2D eigenvalue weighted by atomic mass is 10.0. The first-order valence-corrected chi connectivity index (χ1v) is 17.5. The zero-order valence-corrected chi connectivity index (χ0v) is 29.0. The van der Waals surface area contributed by atoms with Crippen molar-refractivity contribution in [1.82, 2.24) is 24.1 Å². The first-order valence-electron chi connectivity index (χ1n) is 17.5. The molecule has 0 aliphatic carbocycles. The Labute approximate surface area is 304 Å². The molecule has 3 aromatic heterocycles. The summed E-state index contributed by atoms with van der Waals surface area (Å²) in [5.74, 6) is 1.78. The number of aromatic nitrogens is 5. The van der Waals surface area contributed by atoms with Gasteiger partial charge >= 0.3 is 5.69 Å². The minimum Gasteiger partial charge on any atom is -0.456 e. The van der Waals surface area contributed by atoms with E-state index in [1.54, 1.807) is 23.2 Å². The van der Waals surface area contributed by atoms with Gasteiger partial charge in [0.2, 0.25) is 0 Å². The van der Waals surface area contributed by atoms with Crippen molar-refractivity contribution >= 4 is 43.7 Å². The van der Waals surface area contributed by atoms with Crippen molar-refractivity contribution in [2.45, 2.75) is 0 Å². The number of nitrogens with zero attached hydrogens (tertiary/aromatic N) is 5. The maximum Gasteiger partial charge on any atom is 0.328 e. The van der Waals surface area contributed by atoms with Crippen LogP contribution in [0.3, 0.4) is 0 Å². The van der Waals surface area contributed by atoms with Gasteiger partial charge in [0.05, 0.1) is 11.0 Å². The fourth-order valence-corrected chi connectivity index (χ4v) is 7.33. The maximum atomic E-state index is 12.6. The highest BCUT2D eigenvalue weighted by atomic mass is 16.3. The molecule has 0 radical (unpaired) electrons. The van der Waals surface area contributed by atoms with Crippen LogP contribution in [0.4, 0.5) is 0 Å². The molecule has 0 atom stereocenters. The van der Waals surface area contributed by atoms with Gasteiger partial charge in [-0.3, -0.25) is 9.13 Å². The molecule has 0 saturated carbocycles. The molecule has 0 aliphatic rings. The molecule has 7 nitrogen and oxygen atoms in total. The van der Waals surface area contributed by atoms with Crippen LogP contribution in [0.25, 0.3) is 100 Å². The third-order valence-electron chi connectivity index (χ3n) is 10.2. The van der Waals surface area contributed by atoms with E-state index in [1.165, 1.54) is 10.8 Å². The molecule has 7 aromatic carbocycles. The molecule has 3 heterocycles. The van der Waals surface area contributed by atoms with E-state index in [1.807, 2.05) is 54.6 Å². The van der Waals surface area contributed by atoms with Crippen LogP contribution in [-0.4, -0.2) is 24.1 Å². The van der Waals surface area contributed by atoms with Gasteiger partial charge in [-0.2, -0.15) is 0 Å². The SMILES string of the molecule is Cn1c(=O)n(C)c2cc(-c3cccc(-c4nc(-c5ccccc5)nc(-c5ccc(-c6ccc7oc8cc9ccccc9cc8c7c6)cc5)n4)c3)ccc21. The number of hydrogen-bond donors (Lipinski definition) is 0. The van der Waals surface area contributed by atoms with Crippen LogP contribution in [0, 0.1) is 0 Å². The van der Waals surface area contributed by atoms with Crippen molar-refractivity contribution in [2.75, 3.05) is 0 Å². The predicted octanol–water partition coefficient (Wildman–Crippen LogP) is 10.4. The van der Waals surface area contributed by atoms with E-state index in [9.17, 15) is 4.79 Å². The number of fused-ring (bicyclic) bond motifs is 5. The average molecular weight is 686 g/mol. The van der Waals surface area contributed by atoms with Crippen molar-refractivity contribution in [3.8, 4) is 56.4 Å². The number of hydrogen-bond acceptors (Lipinski definition) is 5. The highest BCUT2D eigenvalue weighted by molar-refractivity contribution is 6.11. The molecule has 0 unspecified atom stereocenters.